The summed E-state index contributed by atoms with van der Waals surface area (Å²) >= 11 is 5.93. The van der Waals surface area contributed by atoms with Crippen LogP contribution in [0.1, 0.15) is 24.6 Å². The van der Waals surface area contributed by atoms with Gasteiger partial charge in [-0.3, -0.25) is 4.98 Å². The standard InChI is InChI=1S/C14H13ClFNO/c1-2-14(18,10-4-3-5-11(15)8-10)13-7-6-12(16)9-17-13/h3-9,18H,2H2,1H3. The summed E-state index contributed by atoms with van der Waals surface area (Å²) in [6.45, 7) is 1.84. The number of nitrogens with zero attached hydrogens (tertiary/aromatic N) is 1. The van der Waals surface area contributed by atoms with Gasteiger partial charge in [0.15, 0.2) is 0 Å². The monoisotopic (exact) mass is 265 g/mol. The minimum Gasteiger partial charge on any atom is -0.379 e. The smallest absolute Gasteiger partial charge is 0.141 e. The topological polar surface area (TPSA) is 33.1 Å². The zero-order chi connectivity index (χ0) is 13.2. The second-order valence-electron chi connectivity index (χ2n) is 4.09. The number of rotatable bonds is 3. The van der Waals surface area contributed by atoms with E-state index >= 15 is 0 Å². The average molecular weight is 266 g/mol. The van der Waals surface area contributed by atoms with Crippen molar-refractivity contribution in [2.75, 3.05) is 0 Å². The van der Waals surface area contributed by atoms with E-state index in [9.17, 15) is 9.50 Å². The van der Waals surface area contributed by atoms with Gasteiger partial charge in [-0.05, 0) is 36.2 Å². The maximum Gasteiger partial charge on any atom is 0.141 e. The first-order valence-corrected chi connectivity index (χ1v) is 6.04. The fourth-order valence-corrected chi connectivity index (χ4v) is 2.09. The van der Waals surface area contributed by atoms with Crippen LogP contribution in [0.4, 0.5) is 4.39 Å². The third-order valence-corrected chi connectivity index (χ3v) is 3.20. The molecule has 0 saturated heterocycles. The Labute approximate surface area is 110 Å². The summed E-state index contributed by atoms with van der Waals surface area (Å²) in [7, 11) is 0. The van der Waals surface area contributed by atoms with Crippen molar-refractivity contribution >= 4 is 11.6 Å². The van der Waals surface area contributed by atoms with Crippen LogP contribution in [0, 0.1) is 5.82 Å². The fourth-order valence-electron chi connectivity index (χ4n) is 1.90. The molecule has 94 valence electrons. The number of aliphatic hydroxyl groups is 1. The van der Waals surface area contributed by atoms with E-state index in [-0.39, 0.29) is 0 Å². The van der Waals surface area contributed by atoms with E-state index in [0.717, 1.165) is 6.20 Å². The van der Waals surface area contributed by atoms with Gasteiger partial charge in [0, 0.05) is 5.02 Å². The summed E-state index contributed by atoms with van der Waals surface area (Å²) in [5.74, 6) is -0.428. The van der Waals surface area contributed by atoms with Gasteiger partial charge in [0.2, 0.25) is 0 Å². The van der Waals surface area contributed by atoms with Crippen molar-refractivity contribution in [3.63, 3.8) is 0 Å². The van der Waals surface area contributed by atoms with Gasteiger partial charge < -0.3 is 5.11 Å². The Morgan fingerprint density at radius 1 is 1.33 bits per heavy atom. The molecule has 4 heteroatoms. The second kappa shape index (κ2) is 5.04. The largest absolute Gasteiger partial charge is 0.379 e. The number of pyridine rings is 1. The fraction of sp³-hybridized carbons (Fsp3) is 0.214. The lowest BCUT2D eigenvalue weighted by atomic mass is 9.87. The second-order valence-corrected chi connectivity index (χ2v) is 4.52. The molecule has 1 N–H and O–H groups in total. The van der Waals surface area contributed by atoms with Crippen LogP contribution in [0.2, 0.25) is 5.02 Å². The van der Waals surface area contributed by atoms with Crippen molar-refractivity contribution < 1.29 is 9.50 Å². The number of aromatic nitrogens is 1. The first-order chi connectivity index (χ1) is 8.56. The molecule has 1 heterocycles. The van der Waals surface area contributed by atoms with Gasteiger partial charge in [0.05, 0.1) is 11.9 Å². The predicted octanol–water partition coefficient (Wildman–Crippen LogP) is 3.52. The zero-order valence-corrected chi connectivity index (χ0v) is 10.7. The maximum absolute atomic E-state index is 12.9. The van der Waals surface area contributed by atoms with E-state index < -0.39 is 11.4 Å². The molecule has 1 unspecified atom stereocenters. The van der Waals surface area contributed by atoms with E-state index in [1.165, 1.54) is 12.1 Å². The summed E-state index contributed by atoms with van der Waals surface area (Å²) < 4.78 is 12.9. The van der Waals surface area contributed by atoms with Gasteiger partial charge in [-0.15, -0.1) is 0 Å². The number of hydrogen-bond acceptors (Lipinski definition) is 2. The average Bonchev–Trinajstić information content (AvgIpc) is 2.38. The Bertz CT molecular complexity index is 544. The molecule has 1 aromatic carbocycles. The highest BCUT2D eigenvalue weighted by Gasteiger charge is 2.31. The van der Waals surface area contributed by atoms with Crippen LogP contribution in [0.5, 0.6) is 0 Å². The van der Waals surface area contributed by atoms with E-state index in [4.69, 9.17) is 11.6 Å². The van der Waals surface area contributed by atoms with Crippen LogP contribution in [0.25, 0.3) is 0 Å². The van der Waals surface area contributed by atoms with Gasteiger partial charge in [0.25, 0.3) is 0 Å². The van der Waals surface area contributed by atoms with E-state index in [1.54, 1.807) is 24.3 Å². The van der Waals surface area contributed by atoms with Crippen molar-refractivity contribution in [1.29, 1.82) is 0 Å². The minimum atomic E-state index is -1.25. The summed E-state index contributed by atoms with van der Waals surface area (Å²) in [4.78, 5) is 3.96. The van der Waals surface area contributed by atoms with E-state index in [1.807, 2.05) is 6.92 Å². The summed E-state index contributed by atoms with van der Waals surface area (Å²) in [6, 6.07) is 9.74. The van der Waals surface area contributed by atoms with Crippen LogP contribution < -0.4 is 0 Å². The molecule has 1 atom stereocenters. The predicted molar refractivity (Wildman–Crippen MR) is 68.9 cm³/mol. The molecule has 0 saturated carbocycles. The summed E-state index contributed by atoms with van der Waals surface area (Å²) in [5, 5.41) is 11.3. The Balaban J connectivity index is 2.51. The molecular weight excluding hydrogens is 253 g/mol. The molecule has 0 aliphatic heterocycles. The number of halogens is 2. The number of benzene rings is 1. The maximum atomic E-state index is 12.9. The minimum absolute atomic E-state index is 0.411. The third kappa shape index (κ3) is 2.37. The van der Waals surface area contributed by atoms with Crippen molar-refractivity contribution in [3.05, 3.63) is 64.7 Å². The molecule has 1 aromatic heterocycles. The molecule has 0 bridgehead atoms. The first kappa shape index (κ1) is 13.0. The molecule has 2 rings (SSSR count). The Morgan fingerprint density at radius 2 is 2.11 bits per heavy atom. The molecule has 18 heavy (non-hydrogen) atoms. The van der Waals surface area contributed by atoms with Crippen LogP contribution in [-0.4, -0.2) is 10.1 Å². The highest BCUT2D eigenvalue weighted by Crippen LogP contribution is 2.32. The van der Waals surface area contributed by atoms with Gasteiger partial charge in [0.1, 0.15) is 11.4 Å². The lowest BCUT2D eigenvalue weighted by Gasteiger charge is -2.27. The quantitative estimate of drug-likeness (QED) is 0.921. The van der Waals surface area contributed by atoms with Gasteiger partial charge in [-0.1, -0.05) is 30.7 Å². The highest BCUT2D eigenvalue weighted by molar-refractivity contribution is 6.30. The summed E-state index contributed by atoms with van der Waals surface area (Å²) in [5.41, 5.74) is -0.191. The van der Waals surface area contributed by atoms with E-state index in [2.05, 4.69) is 4.98 Å². The normalized spacial score (nSPS) is 14.2. The molecule has 0 radical (unpaired) electrons. The Hall–Kier alpha value is -1.45. The Kier molecular flexibility index (Phi) is 3.64. The molecule has 0 spiro atoms. The van der Waals surface area contributed by atoms with Gasteiger partial charge in [-0.2, -0.15) is 0 Å². The molecule has 2 nitrogen and oxygen atoms in total. The van der Waals surface area contributed by atoms with Crippen LogP contribution in [0.15, 0.2) is 42.6 Å². The molecular formula is C14H13ClFNO. The van der Waals surface area contributed by atoms with E-state index in [0.29, 0.717) is 22.7 Å². The molecule has 0 aliphatic carbocycles. The van der Waals surface area contributed by atoms with Crippen LogP contribution in [0.3, 0.4) is 0 Å². The molecule has 0 aliphatic rings. The zero-order valence-electron chi connectivity index (χ0n) is 9.90. The lowest BCUT2D eigenvalue weighted by molar-refractivity contribution is 0.0718. The van der Waals surface area contributed by atoms with Crippen molar-refractivity contribution in [1.82, 2.24) is 4.98 Å². The highest BCUT2D eigenvalue weighted by atomic mass is 35.5. The van der Waals surface area contributed by atoms with Gasteiger partial charge in [-0.25, -0.2) is 4.39 Å². The van der Waals surface area contributed by atoms with Crippen molar-refractivity contribution in [3.8, 4) is 0 Å². The summed E-state index contributed by atoms with van der Waals surface area (Å²) in [6.07, 6.45) is 1.52. The lowest BCUT2D eigenvalue weighted by Crippen LogP contribution is -2.27. The third-order valence-electron chi connectivity index (χ3n) is 2.96. The van der Waals surface area contributed by atoms with Gasteiger partial charge >= 0.3 is 0 Å². The molecule has 0 fully saturated rings. The van der Waals surface area contributed by atoms with Crippen molar-refractivity contribution in [2.45, 2.75) is 18.9 Å². The SMILES string of the molecule is CCC(O)(c1cccc(Cl)c1)c1ccc(F)cn1. The number of hydrogen-bond donors (Lipinski definition) is 1. The van der Waals surface area contributed by atoms with Crippen LogP contribution >= 0.6 is 11.6 Å². The van der Waals surface area contributed by atoms with Crippen LogP contribution in [-0.2, 0) is 5.60 Å². The van der Waals surface area contributed by atoms with Crippen molar-refractivity contribution in [2.24, 2.45) is 0 Å². The molecule has 0 amide bonds. The Morgan fingerprint density at radius 3 is 2.67 bits per heavy atom. The first-order valence-electron chi connectivity index (χ1n) is 5.66. The molecule has 2 aromatic rings.